The second-order valence-electron chi connectivity index (χ2n) is 4.88. The fourth-order valence-electron chi connectivity index (χ4n) is 2.16. The van der Waals surface area contributed by atoms with E-state index in [-0.39, 0.29) is 5.91 Å². The first-order valence-electron chi connectivity index (χ1n) is 6.43. The number of hydrogen-bond donors (Lipinski definition) is 1. The number of methoxy groups -OCH3 is 1. The van der Waals surface area contributed by atoms with Gasteiger partial charge in [-0.3, -0.25) is 4.79 Å². The minimum absolute atomic E-state index is 0.157. The van der Waals surface area contributed by atoms with Gasteiger partial charge in [-0.05, 0) is 37.0 Å². The third-order valence-electron chi connectivity index (χ3n) is 3.32. The smallest absolute Gasteiger partial charge is 0.254 e. The number of nitrogens with one attached hydrogen (secondary N) is 1. The number of aromatic nitrogens is 2. The number of rotatable bonds is 4. The number of amides is 1. The Morgan fingerprint density at radius 2 is 2.30 bits per heavy atom. The summed E-state index contributed by atoms with van der Waals surface area (Å²) in [7, 11) is 1.56. The molecule has 0 aromatic carbocycles. The van der Waals surface area contributed by atoms with Gasteiger partial charge in [-0.15, -0.1) is 0 Å². The quantitative estimate of drug-likeness (QED) is 0.940. The van der Waals surface area contributed by atoms with Crippen LogP contribution in [0.3, 0.4) is 0 Å². The van der Waals surface area contributed by atoms with E-state index in [1.54, 1.807) is 19.2 Å². The molecule has 6 heteroatoms. The molecule has 20 heavy (non-hydrogen) atoms. The maximum atomic E-state index is 12.1. The van der Waals surface area contributed by atoms with Gasteiger partial charge < -0.3 is 10.1 Å². The maximum Gasteiger partial charge on any atom is 0.254 e. The lowest BCUT2D eigenvalue weighted by Gasteiger charge is -2.14. The highest BCUT2D eigenvalue weighted by molar-refractivity contribution is 6.31. The molecular weight excluding hydrogens is 278 g/mol. The lowest BCUT2D eigenvalue weighted by atomic mass is 10.2. The molecule has 1 amide bonds. The number of halogens is 1. The minimum atomic E-state index is -0.398. The molecule has 0 spiro atoms. The van der Waals surface area contributed by atoms with Gasteiger partial charge in [-0.25, -0.2) is 9.97 Å². The van der Waals surface area contributed by atoms with E-state index >= 15 is 0 Å². The van der Waals surface area contributed by atoms with E-state index in [4.69, 9.17) is 16.3 Å². The average Bonchev–Trinajstić information content (AvgIpc) is 3.24. The van der Waals surface area contributed by atoms with Crippen LogP contribution < -0.4 is 5.32 Å². The van der Waals surface area contributed by atoms with Crippen LogP contribution in [0, 0.1) is 5.92 Å². The van der Waals surface area contributed by atoms with Gasteiger partial charge in [0.05, 0.1) is 5.02 Å². The van der Waals surface area contributed by atoms with Crippen molar-refractivity contribution < 1.29 is 9.53 Å². The monoisotopic (exact) mass is 291 g/mol. The molecule has 1 fully saturated rings. The lowest BCUT2D eigenvalue weighted by molar-refractivity contribution is -0.126. The van der Waals surface area contributed by atoms with E-state index < -0.39 is 6.10 Å². The molecule has 0 bridgehead atoms. The Labute approximate surface area is 121 Å². The number of carbonyl (C=O) groups excluding carboxylic acids is 1. The third-order valence-corrected chi connectivity index (χ3v) is 3.53. The molecule has 3 rings (SSSR count). The topological polar surface area (TPSA) is 64.1 Å². The zero-order chi connectivity index (χ0) is 14.1. The van der Waals surface area contributed by atoms with Crippen LogP contribution in [-0.2, 0) is 9.53 Å². The summed E-state index contributed by atoms with van der Waals surface area (Å²) in [6.07, 6.45) is 3.21. The van der Waals surface area contributed by atoms with Gasteiger partial charge >= 0.3 is 0 Å². The van der Waals surface area contributed by atoms with Crippen LogP contribution >= 0.6 is 11.6 Å². The second kappa shape index (κ2) is 5.34. The van der Waals surface area contributed by atoms with Crippen LogP contribution in [0.5, 0.6) is 0 Å². The van der Waals surface area contributed by atoms with Crippen LogP contribution in [0.4, 0.5) is 5.82 Å². The number of ether oxygens (including phenoxy) is 1. The SMILES string of the molecule is COC(C(=O)Nc1ccc2cc(Cl)cnc2n1)C1CC1. The van der Waals surface area contributed by atoms with Crippen LogP contribution in [0.2, 0.25) is 5.02 Å². The molecule has 104 valence electrons. The summed E-state index contributed by atoms with van der Waals surface area (Å²) in [6, 6.07) is 5.35. The van der Waals surface area contributed by atoms with E-state index in [1.165, 1.54) is 6.20 Å². The number of fused-ring (bicyclic) bond motifs is 1. The van der Waals surface area contributed by atoms with Crippen molar-refractivity contribution in [3.05, 3.63) is 29.4 Å². The molecular formula is C14H14ClN3O2. The predicted octanol–water partition coefficient (Wildman–Crippen LogP) is 2.65. The molecule has 2 aromatic rings. The van der Waals surface area contributed by atoms with Crippen molar-refractivity contribution in [3.63, 3.8) is 0 Å². The summed E-state index contributed by atoms with van der Waals surface area (Å²) in [4.78, 5) is 20.5. The summed E-state index contributed by atoms with van der Waals surface area (Å²) in [5, 5.41) is 4.17. The summed E-state index contributed by atoms with van der Waals surface area (Å²) in [5.74, 6) is 0.647. The molecule has 0 saturated heterocycles. The van der Waals surface area contributed by atoms with E-state index in [0.29, 0.717) is 22.4 Å². The molecule has 1 saturated carbocycles. The number of anilines is 1. The van der Waals surface area contributed by atoms with Gasteiger partial charge in [0.2, 0.25) is 0 Å². The van der Waals surface area contributed by atoms with Crippen molar-refractivity contribution in [1.82, 2.24) is 9.97 Å². The molecule has 0 radical (unpaired) electrons. The van der Waals surface area contributed by atoms with E-state index in [1.807, 2.05) is 6.07 Å². The van der Waals surface area contributed by atoms with Gasteiger partial charge in [-0.2, -0.15) is 0 Å². The maximum absolute atomic E-state index is 12.1. The highest BCUT2D eigenvalue weighted by Gasteiger charge is 2.36. The zero-order valence-corrected chi connectivity index (χ0v) is 11.7. The summed E-state index contributed by atoms with van der Waals surface area (Å²) < 4.78 is 5.24. The Morgan fingerprint density at radius 1 is 1.50 bits per heavy atom. The number of hydrogen-bond acceptors (Lipinski definition) is 4. The summed E-state index contributed by atoms with van der Waals surface area (Å²) in [6.45, 7) is 0. The molecule has 1 N–H and O–H groups in total. The molecule has 1 aliphatic rings. The van der Waals surface area contributed by atoms with Crippen molar-refractivity contribution in [3.8, 4) is 0 Å². The van der Waals surface area contributed by atoms with Crippen LogP contribution in [0.15, 0.2) is 24.4 Å². The summed E-state index contributed by atoms with van der Waals surface area (Å²) >= 11 is 5.87. The van der Waals surface area contributed by atoms with Gasteiger partial charge in [0.1, 0.15) is 11.9 Å². The zero-order valence-electron chi connectivity index (χ0n) is 11.0. The molecule has 5 nitrogen and oxygen atoms in total. The highest BCUT2D eigenvalue weighted by atomic mass is 35.5. The number of carbonyl (C=O) groups is 1. The molecule has 2 heterocycles. The van der Waals surface area contributed by atoms with Crippen molar-refractivity contribution in [1.29, 1.82) is 0 Å². The van der Waals surface area contributed by atoms with Crippen LogP contribution in [-0.4, -0.2) is 29.1 Å². The van der Waals surface area contributed by atoms with Crippen LogP contribution in [0.25, 0.3) is 11.0 Å². The Balaban J connectivity index is 1.80. The third kappa shape index (κ3) is 2.73. The molecule has 1 unspecified atom stereocenters. The van der Waals surface area contributed by atoms with Gasteiger partial charge in [0.15, 0.2) is 5.65 Å². The molecule has 0 aliphatic heterocycles. The second-order valence-corrected chi connectivity index (χ2v) is 5.32. The Morgan fingerprint density at radius 3 is 3.00 bits per heavy atom. The van der Waals surface area contributed by atoms with E-state index in [0.717, 1.165) is 18.2 Å². The van der Waals surface area contributed by atoms with E-state index in [9.17, 15) is 4.79 Å². The first kappa shape index (κ1) is 13.3. The minimum Gasteiger partial charge on any atom is -0.371 e. The number of pyridine rings is 2. The average molecular weight is 292 g/mol. The normalized spacial score (nSPS) is 16.1. The fraction of sp³-hybridized carbons (Fsp3) is 0.357. The van der Waals surface area contributed by atoms with Gasteiger partial charge in [-0.1, -0.05) is 11.6 Å². The Kier molecular flexibility index (Phi) is 3.54. The van der Waals surface area contributed by atoms with Crippen molar-refractivity contribution in [2.45, 2.75) is 18.9 Å². The summed E-state index contributed by atoms with van der Waals surface area (Å²) in [5.41, 5.74) is 0.549. The van der Waals surface area contributed by atoms with Crippen molar-refractivity contribution >= 4 is 34.4 Å². The first-order valence-corrected chi connectivity index (χ1v) is 6.81. The van der Waals surface area contributed by atoms with E-state index in [2.05, 4.69) is 15.3 Å². The Bertz CT molecular complexity index is 658. The van der Waals surface area contributed by atoms with Gasteiger partial charge in [0, 0.05) is 18.7 Å². The first-order chi connectivity index (χ1) is 9.67. The molecule has 1 aliphatic carbocycles. The molecule has 2 aromatic heterocycles. The van der Waals surface area contributed by atoms with Crippen molar-refractivity contribution in [2.24, 2.45) is 5.92 Å². The highest BCUT2D eigenvalue weighted by Crippen LogP contribution is 2.34. The predicted molar refractivity (Wildman–Crippen MR) is 76.7 cm³/mol. The largest absolute Gasteiger partial charge is 0.371 e. The number of nitrogens with zero attached hydrogens (tertiary/aromatic N) is 2. The Hall–Kier alpha value is -1.72. The van der Waals surface area contributed by atoms with Gasteiger partial charge in [0.25, 0.3) is 5.91 Å². The van der Waals surface area contributed by atoms with Crippen LogP contribution in [0.1, 0.15) is 12.8 Å². The fourth-order valence-corrected chi connectivity index (χ4v) is 2.33. The lowest BCUT2D eigenvalue weighted by Crippen LogP contribution is -2.31. The molecule has 1 atom stereocenters. The standard InChI is InChI=1S/C14H14ClN3O2/c1-20-12(8-2-3-8)14(19)18-11-5-4-9-6-10(15)7-16-13(9)17-11/h4-8,12H,2-3H2,1H3,(H,16,17,18,19). The van der Waals surface area contributed by atoms with Crippen molar-refractivity contribution in [2.75, 3.05) is 12.4 Å².